The normalized spacial score (nSPS) is 19.1. The van der Waals surface area contributed by atoms with E-state index < -0.39 is 17.8 Å². The number of carboxylic acids is 1. The number of anilines is 1. The molecule has 0 saturated heterocycles. The lowest BCUT2D eigenvalue weighted by Crippen LogP contribution is -2.33. The summed E-state index contributed by atoms with van der Waals surface area (Å²) in [6, 6.07) is 4.63. The number of carboxylic acid groups (broad SMARTS) is 1. The van der Waals surface area contributed by atoms with Crippen LogP contribution in [-0.2, 0) is 4.79 Å². The fourth-order valence-electron chi connectivity index (χ4n) is 1.84. The van der Waals surface area contributed by atoms with Gasteiger partial charge in [0.25, 0.3) is 0 Å². The van der Waals surface area contributed by atoms with Crippen molar-refractivity contribution in [2.45, 2.75) is 32.5 Å². The van der Waals surface area contributed by atoms with Crippen molar-refractivity contribution >= 4 is 17.7 Å². The van der Waals surface area contributed by atoms with Crippen LogP contribution in [-0.4, -0.2) is 29.4 Å². The summed E-state index contributed by atoms with van der Waals surface area (Å²) in [5.41, 5.74) is 0.547. The van der Waals surface area contributed by atoms with Gasteiger partial charge in [-0.15, -0.1) is 0 Å². The van der Waals surface area contributed by atoms with Crippen LogP contribution in [0.1, 0.15) is 26.7 Å². The molecule has 7 nitrogen and oxygen atoms in total. The molecule has 114 valence electrons. The number of urea groups is 1. The second-order valence-electron chi connectivity index (χ2n) is 4.88. The summed E-state index contributed by atoms with van der Waals surface area (Å²) in [5, 5.41) is 13.6. The van der Waals surface area contributed by atoms with Crippen LogP contribution in [0.5, 0.6) is 11.5 Å². The molecule has 0 fully saturated rings. The Kier molecular flexibility index (Phi) is 4.21. The molecule has 21 heavy (non-hydrogen) atoms. The number of amides is 2. The predicted octanol–water partition coefficient (Wildman–Crippen LogP) is 2.18. The Labute approximate surface area is 122 Å². The van der Waals surface area contributed by atoms with Gasteiger partial charge < -0.3 is 25.2 Å². The first-order valence-corrected chi connectivity index (χ1v) is 6.70. The van der Waals surface area contributed by atoms with Crippen LogP contribution >= 0.6 is 0 Å². The first kappa shape index (κ1) is 15.0. The number of hydrogen-bond acceptors (Lipinski definition) is 4. The Morgan fingerprint density at radius 3 is 2.67 bits per heavy atom. The average molecular weight is 294 g/mol. The van der Waals surface area contributed by atoms with Crippen LogP contribution in [0.4, 0.5) is 10.5 Å². The van der Waals surface area contributed by atoms with E-state index in [1.165, 1.54) is 0 Å². The van der Waals surface area contributed by atoms with Crippen LogP contribution < -0.4 is 20.1 Å². The van der Waals surface area contributed by atoms with E-state index >= 15 is 0 Å². The van der Waals surface area contributed by atoms with Gasteiger partial charge in [-0.25, -0.2) is 4.79 Å². The number of hydrogen-bond donors (Lipinski definition) is 3. The maximum absolute atomic E-state index is 11.6. The Balaban J connectivity index is 1.93. The molecule has 1 aliphatic heterocycles. The van der Waals surface area contributed by atoms with Crippen molar-refractivity contribution in [2.75, 3.05) is 11.9 Å². The zero-order valence-corrected chi connectivity index (χ0v) is 11.9. The van der Waals surface area contributed by atoms with Gasteiger partial charge in [0.1, 0.15) is 0 Å². The van der Waals surface area contributed by atoms with E-state index in [0.29, 0.717) is 23.6 Å². The maximum atomic E-state index is 11.6. The van der Waals surface area contributed by atoms with E-state index in [0.717, 1.165) is 0 Å². The summed E-state index contributed by atoms with van der Waals surface area (Å²) in [6.07, 6.45) is 0.573. The molecule has 0 radical (unpaired) electrons. The van der Waals surface area contributed by atoms with E-state index in [4.69, 9.17) is 14.6 Å². The highest BCUT2D eigenvalue weighted by Crippen LogP contribution is 2.41. The van der Waals surface area contributed by atoms with Gasteiger partial charge in [0, 0.05) is 31.6 Å². The minimum absolute atomic E-state index is 0.0691. The number of nitrogens with one attached hydrogen (secondary N) is 2. The first-order chi connectivity index (χ1) is 9.92. The van der Waals surface area contributed by atoms with E-state index in [1.807, 2.05) is 13.8 Å². The molecule has 0 bridgehead atoms. The molecule has 0 saturated carbocycles. The smallest absolute Gasteiger partial charge is 0.319 e. The third-order valence-corrected chi connectivity index (χ3v) is 3.12. The van der Waals surface area contributed by atoms with Gasteiger partial charge >= 0.3 is 12.0 Å². The molecular weight excluding hydrogens is 276 g/mol. The molecule has 1 aromatic rings. The Morgan fingerprint density at radius 1 is 1.29 bits per heavy atom. The van der Waals surface area contributed by atoms with Gasteiger partial charge in [-0.05, 0) is 12.1 Å². The van der Waals surface area contributed by atoms with Crippen molar-refractivity contribution in [1.29, 1.82) is 0 Å². The summed E-state index contributed by atoms with van der Waals surface area (Å²) in [7, 11) is 0. The SMILES string of the molecule is CCC1(C)Oc2ccc(NC(=O)NCCC(=O)O)cc2O1. The third-order valence-electron chi connectivity index (χ3n) is 3.12. The molecule has 1 heterocycles. The quantitative estimate of drug-likeness (QED) is 0.773. The number of fused-ring (bicyclic) bond motifs is 1. The molecule has 0 aliphatic carbocycles. The average Bonchev–Trinajstić information content (AvgIpc) is 2.74. The summed E-state index contributed by atoms with van der Waals surface area (Å²) in [6.45, 7) is 3.87. The molecule has 3 N–H and O–H groups in total. The number of aliphatic carboxylic acids is 1. The maximum Gasteiger partial charge on any atom is 0.319 e. The zero-order valence-electron chi connectivity index (χ0n) is 11.9. The highest BCUT2D eigenvalue weighted by atomic mass is 16.7. The Morgan fingerprint density at radius 2 is 2.00 bits per heavy atom. The highest BCUT2D eigenvalue weighted by molar-refractivity contribution is 5.89. The van der Waals surface area contributed by atoms with Gasteiger partial charge in [-0.2, -0.15) is 0 Å². The second-order valence-corrected chi connectivity index (χ2v) is 4.88. The minimum Gasteiger partial charge on any atom is -0.481 e. The molecule has 1 atom stereocenters. The van der Waals surface area contributed by atoms with Crippen molar-refractivity contribution in [3.63, 3.8) is 0 Å². The van der Waals surface area contributed by atoms with Gasteiger partial charge in [0.05, 0.1) is 6.42 Å². The molecule has 0 aromatic heterocycles. The number of carbonyl (C=O) groups excluding carboxylic acids is 1. The van der Waals surface area contributed by atoms with Crippen molar-refractivity contribution in [3.8, 4) is 11.5 Å². The number of benzene rings is 1. The third kappa shape index (κ3) is 3.77. The highest BCUT2D eigenvalue weighted by Gasteiger charge is 2.34. The monoisotopic (exact) mass is 294 g/mol. The van der Waals surface area contributed by atoms with Crippen LogP contribution in [0.2, 0.25) is 0 Å². The lowest BCUT2D eigenvalue weighted by Gasteiger charge is -2.20. The lowest BCUT2D eigenvalue weighted by atomic mass is 10.2. The van der Waals surface area contributed by atoms with Crippen molar-refractivity contribution in [1.82, 2.24) is 5.32 Å². The van der Waals surface area contributed by atoms with Gasteiger partial charge in [0.15, 0.2) is 11.5 Å². The number of rotatable bonds is 5. The van der Waals surface area contributed by atoms with Gasteiger partial charge in [-0.1, -0.05) is 6.92 Å². The Hall–Kier alpha value is -2.44. The molecular formula is C14H18N2O5. The van der Waals surface area contributed by atoms with Crippen molar-refractivity contribution < 1.29 is 24.2 Å². The molecule has 2 rings (SSSR count). The zero-order chi connectivity index (χ0) is 15.5. The summed E-state index contributed by atoms with van der Waals surface area (Å²) >= 11 is 0. The second kappa shape index (κ2) is 5.90. The van der Waals surface area contributed by atoms with Crippen LogP contribution in [0.3, 0.4) is 0 Å². The van der Waals surface area contributed by atoms with E-state index in [-0.39, 0.29) is 13.0 Å². The molecule has 0 spiro atoms. The van der Waals surface area contributed by atoms with E-state index in [9.17, 15) is 9.59 Å². The van der Waals surface area contributed by atoms with Crippen LogP contribution in [0.15, 0.2) is 18.2 Å². The van der Waals surface area contributed by atoms with E-state index in [2.05, 4.69) is 10.6 Å². The molecule has 1 aromatic carbocycles. The lowest BCUT2D eigenvalue weighted by molar-refractivity contribution is -0.136. The van der Waals surface area contributed by atoms with Crippen molar-refractivity contribution in [3.05, 3.63) is 18.2 Å². The predicted molar refractivity (Wildman–Crippen MR) is 75.7 cm³/mol. The standard InChI is InChI=1S/C14H18N2O5/c1-3-14(2)20-10-5-4-9(8-11(10)21-14)16-13(19)15-7-6-12(17)18/h4-5,8H,3,6-7H2,1-2H3,(H,17,18)(H2,15,16,19). The van der Waals surface area contributed by atoms with Gasteiger partial charge in [-0.3, -0.25) is 4.79 Å². The fraction of sp³-hybridized carbons (Fsp3) is 0.429. The first-order valence-electron chi connectivity index (χ1n) is 6.70. The molecule has 7 heteroatoms. The summed E-state index contributed by atoms with van der Waals surface area (Å²) in [4.78, 5) is 21.9. The van der Waals surface area contributed by atoms with Crippen LogP contribution in [0.25, 0.3) is 0 Å². The van der Waals surface area contributed by atoms with Gasteiger partial charge in [0.2, 0.25) is 5.79 Å². The largest absolute Gasteiger partial charge is 0.481 e. The fourth-order valence-corrected chi connectivity index (χ4v) is 1.84. The summed E-state index contributed by atoms with van der Waals surface area (Å²) < 4.78 is 11.4. The Bertz CT molecular complexity index is 560. The van der Waals surface area contributed by atoms with Crippen molar-refractivity contribution in [2.24, 2.45) is 0 Å². The molecule has 1 unspecified atom stereocenters. The topological polar surface area (TPSA) is 96.9 Å². The molecule has 1 aliphatic rings. The minimum atomic E-state index is -0.961. The van der Waals surface area contributed by atoms with E-state index in [1.54, 1.807) is 18.2 Å². The van der Waals surface area contributed by atoms with Crippen LogP contribution in [0, 0.1) is 0 Å². The number of carbonyl (C=O) groups is 2. The molecule has 2 amide bonds. The summed E-state index contributed by atoms with van der Waals surface area (Å²) in [5.74, 6) is -0.429. The number of ether oxygens (including phenoxy) is 2.